The number of aliphatic imine (C=N–C) groups is 1. The number of benzene rings is 2. The van der Waals surface area contributed by atoms with Crippen LogP contribution in [0.3, 0.4) is 0 Å². The predicted molar refractivity (Wildman–Crippen MR) is 116 cm³/mol. The van der Waals surface area contributed by atoms with Crippen molar-refractivity contribution in [3.05, 3.63) is 59.4 Å². The maximum Gasteiger partial charge on any atom is 0.191 e. The van der Waals surface area contributed by atoms with Crippen LogP contribution in [0.25, 0.3) is 0 Å². The molecule has 0 saturated heterocycles. The van der Waals surface area contributed by atoms with Crippen molar-refractivity contribution in [2.24, 2.45) is 4.99 Å². The maximum atomic E-state index is 13.9. The highest BCUT2D eigenvalue weighted by Crippen LogP contribution is 2.30. The Kier molecular flexibility index (Phi) is 8.32. The molecule has 2 aromatic carbocycles. The fraction of sp³-hybridized carbons (Fsp3) is 0.300. The number of nitrogens with zero attached hydrogens (tertiary/aromatic N) is 2. The molecule has 0 aromatic heterocycles. The Morgan fingerprint density at radius 3 is 2.79 bits per heavy atom. The van der Waals surface area contributed by atoms with Gasteiger partial charge in [0.2, 0.25) is 0 Å². The molecule has 0 radical (unpaired) electrons. The van der Waals surface area contributed by atoms with Crippen molar-refractivity contribution in [1.82, 2.24) is 10.6 Å². The van der Waals surface area contributed by atoms with E-state index < -0.39 is 0 Å². The normalized spacial score (nSPS) is 15.2. The van der Waals surface area contributed by atoms with Gasteiger partial charge in [0.25, 0.3) is 0 Å². The predicted octanol–water partition coefficient (Wildman–Crippen LogP) is 3.21. The zero-order valence-electron chi connectivity index (χ0n) is 15.4. The molecule has 0 bridgehead atoms. The van der Waals surface area contributed by atoms with Crippen LogP contribution in [0.2, 0.25) is 0 Å². The summed E-state index contributed by atoms with van der Waals surface area (Å²) in [5.74, 6) is 1.62. The number of fused-ring (bicyclic) bond motifs is 1. The number of guanidine groups is 1. The molecule has 1 atom stereocenters. The third-order valence-electron chi connectivity index (χ3n) is 3.99. The van der Waals surface area contributed by atoms with Gasteiger partial charge in [-0.3, -0.25) is 0 Å². The Hall–Kier alpha value is -2.54. The first-order valence-corrected chi connectivity index (χ1v) is 8.78. The first-order chi connectivity index (χ1) is 13.2. The largest absolute Gasteiger partial charge is 0.486 e. The molecule has 6 nitrogen and oxygen atoms in total. The van der Waals surface area contributed by atoms with Gasteiger partial charge in [-0.2, -0.15) is 5.26 Å². The Balaban J connectivity index is 0.00000280. The van der Waals surface area contributed by atoms with E-state index in [-0.39, 0.29) is 42.4 Å². The summed E-state index contributed by atoms with van der Waals surface area (Å²) in [5.41, 5.74) is 0.781. The number of hydrogen-bond acceptors (Lipinski definition) is 4. The number of rotatable bonds is 5. The molecule has 0 saturated carbocycles. The van der Waals surface area contributed by atoms with E-state index in [0.29, 0.717) is 42.5 Å². The lowest BCUT2D eigenvalue weighted by Crippen LogP contribution is -2.45. The van der Waals surface area contributed by atoms with Crippen molar-refractivity contribution in [2.45, 2.75) is 19.6 Å². The number of hydrogen-bond donors (Lipinski definition) is 2. The molecule has 1 aliphatic heterocycles. The van der Waals surface area contributed by atoms with Gasteiger partial charge < -0.3 is 20.1 Å². The van der Waals surface area contributed by atoms with Gasteiger partial charge in [-0.25, -0.2) is 9.38 Å². The summed E-state index contributed by atoms with van der Waals surface area (Å²) in [6, 6.07) is 13.8. The summed E-state index contributed by atoms with van der Waals surface area (Å²) in [7, 11) is 0. The first kappa shape index (κ1) is 21.8. The minimum atomic E-state index is -0.380. The van der Waals surface area contributed by atoms with Gasteiger partial charge in [-0.1, -0.05) is 12.1 Å². The van der Waals surface area contributed by atoms with E-state index in [1.165, 1.54) is 18.2 Å². The van der Waals surface area contributed by atoms with Gasteiger partial charge in [0.15, 0.2) is 17.5 Å². The zero-order chi connectivity index (χ0) is 19.1. The smallest absolute Gasteiger partial charge is 0.191 e. The quantitative estimate of drug-likeness (QED) is 0.378. The molecule has 148 valence electrons. The van der Waals surface area contributed by atoms with Crippen molar-refractivity contribution < 1.29 is 13.9 Å². The molecule has 1 unspecified atom stereocenters. The van der Waals surface area contributed by atoms with E-state index >= 15 is 0 Å². The highest BCUT2D eigenvalue weighted by molar-refractivity contribution is 14.0. The Morgan fingerprint density at radius 2 is 2.04 bits per heavy atom. The molecule has 0 spiro atoms. The SMILES string of the molecule is CCNC(=NCc1cc(C#N)ccc1F)NCC1COc2ccccc2O1.I. The average molecular weight is 496 g/mol. The maximum absolute atomic E-state index is 13.9. The lowest BCUT2D eigenvalue weighted by atomic mass is 10.1. The molecular formula is C20H22FIN4O2. The van der Waals surface area contributed by atoms with Crippen LogP contribution in [0.5, 0.6) is 11.5 Å². The van der Waals surface area contributed by atoms with Crippen molar-refractivity contribution >= 4 is 29.9 Å². The number of para-hydroxylation sites is 2. The molecule has 1 heterocycles. The average Bonchev–Trinajstić information content (AvgIpc) is 2.71. The second kappa shape index (κ2) is 10.7. The summed E-state index contributed by atoms with van der Waals surface area (Å²) in [6.45, 7) is 3.66. The van der Waals surface area contributed by atoms with E-state index in [4.69, 9.17) is 14.7 Å². The minimum Gasteiger partial charge on any atom is -0.486 e. The standard InChI is InChI=1S/C20H21FN4O2.HI/c1-2-23-20(24-11-15-9-14(10-22)7-8-17(15)21)25-12-16-13-26-18-5-3-4-6-19(18)27-16;/h3-9,16H,2,11-13H2,1H3,(H2,23,24,25);1H. The molecule has 0 aliphatic carbocycles. The Labute approximate surface area is 180 Å². The molecule has 28 heavy (non-hydrogen) atoms. The third-order valence-corrected chi connectivity index (χ3v) is 3.99. The van der Waals surface area contributed by atoms with Gasteiger partial charge in [-0.15, -0.1) is 24.0 Å². The van der Waals surface area contributed by atoms with Crippen molar-refractivity contribution in [3.8, 4) is 17.6 Å². The van der Waals surface area contributed by atoms with E-state index in [1.54, 1.807) is 0 Å². The molecular weight excluding hydrogens is 474 g/mol. The molecule has 2 aromatic rings. The summed E-state index contributed by atoms with van der Waals surface area (Å²) in [6.07, 6.45) is -0.164. The van der Waals surface area contributed by atoms with E-state index in [1.807, 2.05) is 37.3 Å². The number of halogens is 2. The lowest BCUT2D eigenvalue weighted by Gasteiger charge is -2.27. The summed E-state index contributed by atoms with van der Waals surface area (Å²) < 4.78 is 25.5. The van der Waals surface area contributed by atoms with Crippen LogP contribution in [-0.2, 0) is 6.54 Å². The highest BCUT2D eigenvalue weighted by atomic mass is 127. The topological polar surface area (TPSA) is 78.7 Å². The molecule has 1 aliphatic rings. The van der Waals surface area contributed by atoms with Gasteiger partial charge in [0.1, 0.15) is 18.5 Å². The van der Waals surface area contributed by atoms with Crippen LogP contribution in [0.15, 0.2) is 47.5 Å². The molecule has 0 fully saturated rings. The van der Waals surface area contributed by atoms with Gasteiger partial charge in [0, 0.05) is 12.1 Å². The van der Waals surface area contributed by atoms with Crippen molar-refractivity contribution in [3.63, 3.8) is 0 Å². The second-order valence-corrected chi connectivity index (χ2v) is 5.99. The summed E-state index contributed by atoms with van der Waals surface area (Å²) >= 11 is 0. The fourth-order valence-corrected chi connectivity index (χ4v) is 2.65. The van der Waals surface area contributed by atoms with Crippen LogP contribution >= 0.6 is 24.0 Å². The van der Waals surface area contributed by atoms with E-state index in [9.17, 15) is 4.39 Å². The lowest BCUT2D eigenvalue weighted by molar-refractivity contribution is 0.0936. The van der Waals surface area contributed by atoms with Crippen LogP contribution in [0.4, 0.5) is 4.39 Å². The summed E-state index contributed by atoms with van der Waals surface area (Å²) in [4.78, 5) is 4.40. The van der Waals surface area contributed by atoms with Gasteiger partial charge >= 0.3 is 0 Å². The van der Waals surface area contributed by atoms with Crippen molar-refractivity contribution in [1.29, 1.82) is 5.26 Å². The highest BCUT2D eigenvalue weighted by Gasteiger charge is 2.20. The number of nitriles is 1. The Bertz CT molecular complexity index is 870. The van der Waals surface area contributed by atoms with Gasteiger partial charge in [-0.05, 0) is 37.3 Å². The third kappa shape index (κ3) is 5.73. The van der Waals surface area contributed by atoms with Crippen LogP contribution in [0, 0.1) is 17.1 Å². The van der Waals surface area contributed by atoms with E-state index in [0.717, 1.165) is 5.75 Å². The van der Waals surface area contributed by atoms with Crippen LogP contribution in [-0.4, -0.2) is 31.8 Å². The second-order valence-electron chi connectivity index (χ2n) is 5.99. The minimum absolute atomic E-state index is 0. The first-order valence-electron chi connectivity index (χ1n) is 8.78. The fourth-order valence-electron chi connectivity index (χ4n) is 2.65. The molecule has 0 amide bonds. The Morgan fingerprint density at radius 1 is 1.25 bits per heavy atom. The van der Waals surface area contributed by atoms with Crippen molar-refractivity contribution in [2.75, 3.05) is 19.7 Å². The number of nitrogens with one attached hydrogen (secondary N) is 2. The molecule has 8 heteroatoms. The van der Waals surface area contributed by atoms with Gasteiger partial charge in [0.05, 0.1) is 24.7 Å². The summed E-state index contributed by atoms with van der Waals surface area (Å²) in [5, 5.41) is 15.3. The monoisotopic (exact) mass is 496 g/mol. The number of ether oxygens (including phenoxy) is 2. The van der Waals surface area contributed by atoms with E-state index in [2.05, 4.69) is 15.6 Å². The zero-order valence-corrected chi connectivity index (χ0v) is 17.8. The van der Waals surface area contributed by atoms with Crippen LogP contribution < -0.4 is 20.1 Å². The molecule has 2 N–H and O–H groups in total. The molecule has 3 rings (SSSR count). The van der Waals surface area contributed by atoms with Crippen LogP contribution in [0.1, 0.15) is 18.1 Å².